The molecule has 1 aromatic carbocycles. The Morgan fingerprint density at radius 3 is 2.23 bits per heavy atom. The summed E-state index contributed by atoms with van der Waals surface area (Å²) in [5.74, 6) is 0. The summed E-state index contributed by atoms with van der Waals surface area (Å²) in [5.41, 5.74) is 3.43. The monoisotopic (exact) mass is 175 g/mol. The van der Waals surface area contributed by atoms with E-state index < -0.39 is 0 Å². The summed E-state index contributed by atoms with van der Waals surface area (Å²) in [6, 6.07) is 10.2. The second-order valence-corrected chi connectivity index (χ2v) is 3.40. The van der Waals surface area contributed by atoms with Crippen molar-refractivity contribution in [1.82, 2.24) is 0 Å². The van der Waals surface area contributed by atoms with E-state index in [1.54, 1.807) is 0 Å². The molecule has 0 unspecified atom stereocenters. The number of anilines is 1. The fourth-order valence-corrected chi connectivity index (χ4v) is 1.56. The normalized spacial score (nSPS) is 18.9. The molecule has 0 saturated carbocycles. The van der Waals surface area contributed by atoms with Gasteiger partial charge < -0.3 is 4.90 Å². The standard InChI is InChI=1S/C12H15N/c1-10-8-13(9-11(10)2)12-6-4-3-5-7-12/h3-7H,8-9H2,1-2H3/i1D,2D. The lowest BCUT2D eigenvalue weighted by molar-refractivity contribution is 0.974. The van der Waals surface area contributed by atoms with Gasteiger partial charge in [0.25, 0.3) is 0 Å². The third-order valence-corrected chi connectivity index (χ3v) is 2.38. The number of para-hydroxylation sites is 1. The van der Waals surface area contributed by atoms with Crippen LogP contribution < -0.4 is 4.90 Å². The summed E-state index contributed by atoms with van der Waals surface area (Å²) in [4.78, 5) is 2.23. The molecule has 0 radical (unpaired) electrons. The lowest BCUT2D eigenvalue weighted by Crippen LogP contribution is -2.19. The van der Waals surface area contributed by atoms with E-state index >= 15 is 0 Å². The fourth-order valence-electron chi connectivity index (χ4n) is 1.56. The molecule has 0 saturated heterocycles. The molecule has 0 N–H and O–H groups in total. The molecule has 1 aromatic rings. The van der Waals surface area contributed by atoms with Crippen molar-refractivity contribution in [1.29, 1.82) is 0 Å². The van der Waals surface area contributed by atoms with Crippen LogP contribution in [0.15, 0.2) is 41.5 Å². The first kappa shape index (κ1) is 6.25. The lowest BCUT2D eigenvalue weighted by atomic mass is 10.2. The van der Waals surface area contributed by atoms with E-state index in [2.05, 4.69) is 17.0 Å². The van der Waals surface area contributed by atoms with Crippen LogP contribution in [0.5, 0.6) is 0 Å². The van der Waals surface area contributed by atoms with Crippen molar-refractivity contribution in [3.63, 3.8) is 0 Å². The number of hydrogen-bond donors (Lipinski definition) is 0. The minimum atomic E-state index is 0.331. The Morgan fingerprint density at radius 1 is 1.08 bits per heavy atom. The minimum Gasteiger partial charge on any atom is -0.364 e. The zero-order valence-corrected chi connectivity index (χ0v) is 7.66. The summed E-state index contributed by atoms with van der Waals surface area (Å²) in [6.07, 6.45) is 0. The van der Waals surface area contributed by atoms with Crippen molar-refractivity contribution in [2.45, 2.75) is 13.8 Å². The molecular weight excluding hydrogens is 158 g/mol. The van der Waals surface area contributed by atoms with Gasteiger partial charge >= 0.3 is 0 Å². The molecule has 1 heteroatoms. The van der Waals surface area contributed by atoms with Crippen LogP contribution in [0.2, 0.25) is 0 Å². The molecule has 0 aliphatic carbocycles. The van der Waals surface area contributed by atoms with Crippen LogP contribution >= 0.6 is 0 Å². The van der Waals surface area contributed by atoms with Crippen LogP contribution in [0.4, 0.5) is 5.69 Å². The molecule has 0 spiro atoms. The Labute approximate surface area is 82.5 Å². The Morgan fingerprint density at radius 2 is 1.69 bits per heavy atom. The third kappa shape index (κ3) is 1.59. The molecule has 1 heterocycles. The zero-order chi connectivity index (χ0) is 10.7. The van der Waals surface area contributed by atoms with Crippen molar-refractivity contribution in [3.05, 3.63) is 41.5 Å². The SMILES string of the molecule is [2H]CC1=C(C[2H])CN(c2ccccc2)C1. The van der Waals surface area contributed by atoms with E-state index in [1.165, 1.54) is 5.69 Å². The van der Waals surface area contributed by atoms with Crippen LogP contribution in [0, 0.1) is 0 Å². The van der Waals surface area contributed by atoms with Gasteiger partial charge in [0.2, 0.25) is 0 Å². The van der Waals surface area contributed by atoms with Crippen molar-refractivity contribution in [3.8, 4) is 0 Å². The van der Waals surface area contributed by atoms with E-state index in [0.29, 0.717) is 13.8 Å². The Balaban J connectivity index is 2.13. The highest BCUT2D eigenvalue weighted by atomic mass is 15.1. The molecule has 1 aliphatic heterocycles. The van der Waals surface area contributed by atoms with Crippen molar-refractivity contribution in [2.75, 3.05) is 18.0 Å². The molecule has 2 rings (SSSR count). The predicted molar refractivity (Wildman–Crippen MR) is 57.0 cm³/mol. The first-order valence-electron chi connectivity index (χ1n) is 5.85. The topological polar surface area (TPSA) is 3.24 Å². The maximum absolute atomic E-state index is 7.42. The number of rotatable bonds is 1. The van der Waals surface area contributed by atoms with Crippen LogP contribution in [0.3, 0.4) is 0 Å². The predicted octanol–water partition coefficient (Wildman–Crippen LogP) is 2.84. The van der Waals surface area contributed by atoms with Gasteiger partial charge in [-0.2, -0.15) is 0 Å². The molecule has 68 valence electrons. The van der Waals surface area contributed by atoms with Gasteiger partial charge in [-0.1, -0.05) is 29.3 Å². The highest BCUT2D eigenvalue weighted by Gasteiger charge is 2.15. The smallest absolute Gasteiger partial charge is 0.0393 e. The van der Waals surface area contributed by atoms with Crippen LogP contribution in [-0.2, 0) is 0 Å². The molecular formula is C12H15N. The second-order valence-electron chi connectivity index (χ2n) is 3.40. The van der Waals surface area contributed by atoms with Crippen LogP contribution in [0.1, 0.15) is 16.5 Å². The largest absolute Gasteiger partial charge is 0.364 e. The van der Waals surface area contributed by atoms with Crippen molar-refractivity contribution in [2.24, 2.45) is 0 Å². The van der Waals surface area contributed by atoms with Gasteiger partial charge in [-0.3, -0.25) is 0 Å². The molecule has 13 heavy (non-hydrogen) atoms. The van der Waals surface area contributed by atoms with E-state index in [-0.39, 0.29) is 0 Å². The summed E-state index contributed by atoms with van der Waals surface area (Å²) in [5, 5.41) is 0. The Kier molecular flexibility index (Phi) is 1.56. The van der Waals surface area contributed by atoms with E-state index in [4.69, 9.17) is 2.74 Å². The third-order valence-electron chi connectivity index (χ3n) is 2.38. The van der Waals surface area contributed by atoms with Crippen molar-refractivity contribution < 1.29 is 2.74 Å². The van der Waals surface area contributed by atoms with Crippen molar-refractivity contribution >= 4 is 5.69 Å². The van der Waals surface area contributed by atoms with E-state index in [1.807, 2.05) is 18.2 Å². The molecule has 0 aromatic heterocycles. The fraction of sp³-hybridized carbons (Fsp3) is 0.333. The second kappa shape index (κ2) is 3.25. The first-order chi connectivity index (χ1) is 7.35. The quantitative estimate of drug-likeness (QED) is 0.593. The maximum Gasteiger partial charge on any atom is 0.0393 e. The molecule has 0 fully saturated rings. The molecule has 0 bridgehead atoms. The summed E-state index contributed by atoms with van der Waals surface area (Å²) >= 11 is 0. The first-order valence-corrected chi connectivity index (χ1v) is 4.43. The Hall–Kier alpha value is -1.24. The summed E-state index contributed by atoms with van der Waals surface area (Å²) < 4.78 is 14.8. The van der Waals surface area contributed by atoms with Gasteiger partial charge in [-0.25, -0.2) is 0 Å². The number of benzene rings is 1. The highest BCUT2D eigenvalue weighted by molar-refractivity contribution is 5.51. The molecule has 1 aliphatic rings. The number of nitrogens with zero attached hydrogens (tertiary/aromatic N) is 1. The van der Waals surface area contributed by atoms with Gasteiger partial charge in [0, 0.05) is 21.5 Å². The maximum atomic E-state index is 7.42. The Bertz CT molecular complexity index is 343. The average molecular weight is 175 g/mol. The molecule has 1 nitrogen and oxygen atoms in total. The molecule has 0 atom stereocenters. The van der Waals surface area contributed by atoms with Gasteiger partial charge in [-0.05, 0) is 25.9 Å². The van der Waals surface area contributed by atoms with Gasteiger partial charge in [0.15, 0.2) is 0 Å². The van der Waals surface area contributed by atoms with E-state index in [9.17, 15) is 0 Å². The van der Waals surface area contributed by atoms with Gasteiger partial charge in [0.05, 0.1) is 0 Å². The summed E-state index contributed by atoms with van der Waals surface area (Å²) in [6.45, 7) is 2.30. The average Bonchev–Trinajstić information content (AvgIpc) is 2.73. The van der Waals surface area contributed by atoms with Gasteiger partial charge in [-0.15, -0.1) is 0 Å². The minimum absolute atomic E-state index is 0.331. The number of hydrogen-bond acceptors (Lipinski definition) is 1. The van der Waals surface area contributed by atoms with Crippen LogP contribution in [0.25, 0.3) is 0 Å². The van der Waals surface area contributed by atoms with E-state index in [0.717, 1.165) is 24.2 Å². The van der Waals surface area contributed by atoms with Gasteiger partial charge in [0.1, 0.15) is 0 Å². The molecule has 0 amide bonds. The zero-order valence-electron chi connectivity index (χ0n) is 9.66. The summed E-state index contributed by atoms with van der Waals surface area (Å²) in [7, 11) is 0. The lowest BCUT2D eigenvalue weighted by Gasteiger charge is -2.18. The van der Waals surface area contributed by atoms with Crippen LogP contribution in [-0.4, -0.2) is 13.1 Å². The highest BCUT2D eigenvalue weighted by Crippen LogP contribution is 2.22.